The quantitative estimate of drug-likeness (QED) is 0.634. The van der Waals surface area contributed by atoms with Gasteiger partial charge in [0.05, 0.1) is 6.20 Å². The zero-order chi connectivity index (χ0) is 13.9. The molecular weight excluding hydrogens is 256 g/mol. The van der Waals surface area contributed by atoms with Crippen molar-refractivity contribution in [3.63, 3.8) is 0 Å². The van der Waals surface area contributed by atoms with E-state index in [1.165, 1.54) is 0 Å². The maximum atomic E-state index is 9.25. The molecule has 20 heavy (non-hydrogen) atoms. The lowest BCUT2D eigenvalue weighted by atomic mass is 10.2. The lowest BCUT2D eigenvalue weighted by Gasteiger charge is -2.01. The summed E-state index contributed by atoms with van der Waals surface area (Å²) in [7, 11) is 0. The van der Waals surface area contributed by atoms with Gasteiger partial charge in [0.1, 0.15) is 11.5 Å². The van der Waals surface area contributed by atoms with Crippen molar-refractivity contribution in [2.24, 2.45) is 0 Å². The van der Waals surface area contributed by atoms with Crippen molar-refractivity contribution in [2.75, 3.05) is 5.32 Å². The highest BCUT2D eigenvalue weighted by molar-refractivity contribution is 5.60. The predicted octanol–water partition coefficient (Wildman–Crippen LogP) is 3.50. The highest BCUT2D eigenvalue weighted by atomic mass is 16.4. The minimum atomic E-state index is 0.202. The first-order valence-electron chi connectivity index (χ1n) is 6.02. The standard InChI is InChI=1S/C15H12N2O3/c18-12-5-1-10(2-6-12)14-9-16-15(20-14)17-11-3-7-13(19)8-4-11/h1-9,18-19H,(H,16,17). The van der Waals surface area contributed by atoms with E-state index in [-0.39, 0.29) is 11.5 Å². The van der Waals surface area contributed by atoms with Crippen molar-refractivity contribution in [3.05, 3.63) is 54.7 Å². The van der Waals surface area contributed by atoms with Crippen molar-refractivity contribution in [1.82, 2.24) is 4.98 Å². The summed E-state index contributed by atoms with van der Waals surface area (Å²) in [4.78, 5) is 4.13. The number of phenols is 2. The van der Waals surface area contributed by atoms with Crippen LogP contribution in [0.25, 0.3) is 11.3 Å². The Labute approximate surface area is 115 Å². The number of phenolic OH excluding ortho intramolecular Hbond substituents is 2. The van der Waals surface area contributed by atoms with Crippen LogP contribution in [0.5, 0.6) is 11.5 Å². The van der Waals surface area contributed by atoms with Crippen LogP contribution in [0.4, 0.5) is 11.7 Å². The van der Waals surface area contributed by atoms with Crippen LogP contribution in [0.3, 0.4) is 0 Å². The second kappa shape index (κ2) is 4.97. The van der Waals surface area contributed by atoms with E-state index in [9.17, 15) is 10.2 Å². The van der Waals surface area contributed by atoms with Crippen LogP contribution >= 0.6 is 0 Å². The summed E-state index contributed by atoms with van der Waals surface area (Å²) in [5.74, 6) is 1.01. The molecular formula is C15H12N2O3. The molecule has 3 rings (SSSR count). The average Bonchev–Trinajstić information content (AvgIpc) is 2.91. The fourth-order valence-electron chi connectivity index (χ4n) is 1.76. The zero-order valence-corrected chi connectivity index (χ0v) is 10.4. The third-order valence-electron chi connectivity index (χ3n) is 2.78. The van der Waals surface area contributed by atoms with Gasteiger partial charge in [-0.15, -0.1) is 0 Å². The topological polar surface area (TPSA) is 78.5 Å². The third kappa shape index (κ3) is 2.56. The van der Waals surface area contributed by atoms with E-state index < -0.39 is 0 Å². The Bertz CT molecular complexity index is 703. The Hall–Kier alpha value is -2.95. The van der Waals surface area contributed by atoms with Crippen LogP contribution in [0.2, 0.25) is 0 Å². The lowest BCUT2D eigenvalue weighted by Crippen LogP contribution is -1.88. The fourth-order valence-corrected chi connectivity index (χ4v) is 1.76. The summed E-state index contributed by atoms with van der Waals surface area (Å²) in [6.07, 6.45) is 1.61. The predicted molar refractivity (Wildman–Crippen MR) is 75.0 cm³/mol. The zero-order valence-electron chi connectivity index (χ0n) is 10.4. The number of hydrogen-bond donors (Lipinski definition) is 3. The van der Waals surface area contributed by atoms with E-state index in [4.69, 9.17) is 4.42 Å². The van der Waals surface area contributed by atoms with Gasteiger partial charge in [0.25, 0.3) is 6.01 Å². The van der Waals surface area contributed by atoms with Gasteiger partial charge < -0.3 is 19.9 Å². The van der Waals surface area contributed by atoms with Gasteiger partial charge in [-0.25, -0.2) is 4.98 Å². The van der Waals surface area contributed by atoms with Gasteiger partial charge in [0.2, 0.25) is 0 Å². The fraction of sp³-hybridized carbons (Fsp3) is 0. The largest absolute Gasteiger partial charge is 0.508 e. The summed E-state index contributed by atoms with van der Waals surface area (Å²) in [6, 6.07) is 13.6. The van der Waals surface area contributed by atoms with Crippen molar-refractivity contribution in [3.8, 4) is 22.8 Å². The molecule has 5 nitrogen and oxygen atoms in total. The molecule has 0 aliphatic heterocycles. The van der Waals surface area contributed by atoms with Gasteiger partial charge in [0.15, 0.2) is 5.76 Å². The molecule has 2 aromatic carbocycles. The number of nitrogens with zero attached hydrogens (tertiary/aromatic N) is 1. The van der Waals surface area contributed by atoms with Crippen molar-refractivity contribution < 1.29 is 14.6 Å². The minimum absolute atomic E-state index is 0.202. The number of rotatable bonds is 3. The monoisotopic (exact) mass is 268 g/mol. The second-order valence-corrected chi connectivity index (χ2v) is 4.25. The molecule has 0 unspecified atom stereocenters. The Kier molecular flexibility index (Phi) is 3.01. The number of aromatic hydroxyl groups is 2. The van der Waals surface area contributed by atoms with Gasteiger partial charge in [-0.05, 0) is 48.5 Å². The molecule has 3 N–H and O–H groups in total. The van der Waals surface area contributed by atoms with Crippen molar-refractivity contribution >= 4 is 11.7 Å². The maximum Gasteiger partial charge on any atom is 0.299 e. The van der Waals surface area contributed by atoms with Crippen molar-refractivity contribution in [2.45, 2.75) is 0 Å². The van der Waals surface area contributed by atoms with E-state index in [1.54, 1.807) is 54.7 Å². The molecule has 0 fully saturated rings. The van der Waals surface area contributed by atoms with Crippen LogP contribution in [0.15, 0.2) is 59.1 Å². The maximum absolute atomic E-state index is 9.25. The molecule has 5 heteroatoms. The summed E-state index contributed by atoms with van der Waals surface area (Å²) < 4.78 is 5.58. The molecule has 0 aliphatic carbocycles. The normalized spacial score (nSPS) is 10.4. The highest BCUT2D eigenvalue weighted by Crippen LogP contribution is 2.26. The van der Waals surface area contributed by atoms with Gasteiger partial charge in [0, 0.05) is 11.3 Å². The Morgan fingerprint density at radius 3 is 2.10 bits per heavy atom. The van der Waals surface area contributed by atoms with E-state index in [0.717, 1.165) is 11.3 Å². The first-order chi connectivity index (χ1) is 9.70. The van der Waals surface area contributed by atoms with Crippen LogP contribution in [-0.2, 0) is 0 Å². The molecule has 0 spiro atoms. The Morgan fingerprint density at radius 2 is 1.45 bits per heavy atom. The van der Waals surface area contributed by atoms with Crippen LogP contribution in [-0.4, -0.2) is 15.2 Å². The smallest absolute Gasteiger partial charge is 0.299 e. The van der Waals surface area contributed by atoms with Crippen LogP contribution < -0.4 is 5.32 Å². The first kappa shape index (κ1) is 12.1. The molecule has 1 heterocycles. The minimum Gasteiger partial charge on any atom is -0.508 e. The summed E-state index contributed by atoms with van der Waals surface area (Å²) in [5.41, 5.74) is 1.59. The average molecular weight is 268 g/mol. The molecule has 0 radical (unpaired) electrons. The van der Waals surface area contributed by atoms with Crippen LogP contribution in [0, 0.1) is 0 Å². The molecule has 0 aliphatic rings. The highest BCUT2D eigenvalue weighted by Gasteiger charge is 2.06. The second-order valence-electron chi connectivity index (χ2n) is 4.25. The molecule has 0 amide bonds. The summed E-state index contributed by atoms with van der Waals surface area (Å²) in [6.45, 7) is 0. The Balaban J connectivity index is 1.80. The van der Waals surface area contributed by atoms with E-state index in [0.29, 0.717) is 11.8 Å². The third-order valence-corrected chi connectivity index (χ3v) is 2.78. The number of anilines is 2. The number of aromatic nitrogens is 1. The molecule has 0 atom stereocenters. The molecule has 3 aromatic rings. The number of hydrogen-bond acceptors (Lipinski definition) is 5. The first-order valence-corrected chi connectivity index (χ1v) is 6.02. The number of benzene rings is 2. The number of oxazole rings is 1. The summed E-state index contributed by atoms with van der Waals surface area (Å²) >= 11 is 0. The SMILES string of the molecule is Oc1ccc(Nc2ncc(-c3ccc(O)cc3)o2)cc1. The van der Waals surface area contributed by atoms with Gasteiger partial charge in [-0.3, -0.25) is 0 Å². The van der Waals surface area contributed by atoms with Gasteiger partial charge in [-0.1, -0.05) is 0 Å². The summed E-state index contributed by atoms with van der Waals surface area (Å²) in [5, 5.41) is 21.5. The molecule has 0 saturated heterocycles. The molecule has 0 saturated carbocycles. The Morgan fingerprint density at radius 1 is 0.850 bits per heavy atom. The van der Waals surface area contributed by atoms with Gasteiger partial charge in [-0.2, -0.15) is 0 Å². The van der Waals surface area contributed by atoms with Gasteiger partial charge >= 0.3 is 0 Å². The van der Waals surface area contributed by atoms with Crippen molar-refractivity contribution in [1.29, 1.82) is 0 Å². The van der Waals surface area contributed by atoms with Crippen LogP contribution in [0.1, 0.15) is 0 Å². The molecule has 0 bridgehead atoms. The molecule has 100 valence electrons. The number of nitrogens with one attached hydrogen (secondary N) is 1. The lowest BCUT2D eigenvalue weighted by molar-refractivity contribution is 0.474. The molecule has 1 aromatic heterocycles. The van der Waals surface area contributed by atoms with E-state index in [2.05, 4.69) is 10.3 Å². The van der Waals surface area contributed by atoms with E-state index in [1.807, 2.05) is 0 Å². The van der Waals surface area contributed by atoms with E-state index >= 15 is 0 Å².